The Balaban J connectivity index is 1.98. The summed E-state index contributed by atoms with van der Waals surface area (Å²) in [6, 6.07) is 3.52. The maximum atomic E-state index is 12.9. The van der Waals surface area contributed by atoms with Gasteiger partial charge in [-0.2, -0.15) is 10.2 Å². The van der Waals surface area contributed by atoms with E-state index in [1.165, 1.54) is 4.68 Å². The van der Waals surface area contributed by atoms with E-state index in [1.54, 1.807) is 29.2 Å². The van der Waals surface area contributed by atoms with Crippen molar-refractivity contribution in [3.05, 3.63) is 35.8 Å². The van der Waals surface area contributed by atoms with Crippen LogP contribution in [0.15, 0.2) is 24.5 Å². The van der Waals surface area contributed by atoms with Crippen molar-refractivity contribution >= 4 is 28.7 Å². The number of aromatic nitrogens is 5. The molecule has 0 unspecified atom stereocenters. The molecule has 9 heteroatoms. The zero-order valence-electron chi connectivity index (χ0n) is 15.8. The van der Waals surface area contributed by atoms with E-state index in [9.17, 15) is 9.59 Å². The summed E-state index contributed by atoms with van der Waals surface area (Å²) in [5.74, 6) is -0.314. The Morgan fingerprint density at radius 2 is 2.00 bits per heavy atom. The highest BCUT2D eigenvalue weighted by Crippen LogP contribution is 2.25. The van der Waals surface area contributed by atoms with Gasteiger partial charge >= 0.3 is 0 Å². The number of hydrogen-bond acceptors (Lipinski definition) is 5. The van der Waals surface area contributed by atoms with E-state index in [0.29, 0.717) is 22.4 Å². The third kappa shape index (κ3) is 3.81. The molecule has 142 valence electrons. The molecule has 0 saturated heterocycles. The summed E-state index contributed by atoms with van der Waals surface area (Å²) in [6.45, 7) is 8.03. The molecule has 27 heavy (non-hydrogen) atoms. The Morgan fingerprint density at radius 3 is 2.63 bits per heavy atom. The van der Waals surface area contributed by atoms with Gasteiger partial charge < -0.3 is 11.1 Å². The molecule has 0 aliphatic carbocycles. The van der Waals surface area contributed by atoms with Gasteiger partial charge in [-0.3, -0.25) is 14.3 Å². The van der Waals surface area contributed by atoms with Gasteiger partial charge in [0.25, 0.3) is 5.91 Å². The number of carbonyl (C=O) groups excluding carboxylic acids is 2. The fraction of sp³-hybridized carbons (Fsp3) is 0.389. The third-order valence-electron chi connectivity index (χ3n) is 4.11. The summed E-state index contributed by atoms with van der Waals surface area (Å²) in [4.78, 5) is 28.6. The number of amides is 2. The molecular formula is C18H23N7O2. The predicted molar refractivity (Wildman–Crippen MR) is 101 cm³/mol. The standard InChI is InChI=1S/C18H23N7O2/c1-10(2)14-7-12(13-8-20-25(11(3)4)17(13)21-14)18(27)22-16-5-6-24(23-16)9-15(19)26/h5-8,10-11H,9H2,1-4H3,(H2,19,26)(H,22,23,27). The van der Waals surface area contributed by atoms with Crippen LogP contribution in [0.4, 0.5) is 5.82 Å². The van der Waals surface area contributed by atoms with Gasteiger partial charge in [0.05, 0.1) is 17.1 Å². The molecule has 3 aromatic rings. The summed E-state index contributed by atoms with van der Waals surface area (Å²) >= 11 is 0. The minimum Gasteiger partial charge on any atom is -0.368 e. The van der Waals surface area contributed by atoms with Crippen molar-refractivity contribution < 1.29 is 9.59 Å². The molecule has 3 aromatic heterocycles. The minimum atomic E-state index is -0.505. The molecule has 0 radical (unpaired) electrons. The highest BCUT2D eigenvalue weighted by molar-refractivity contribution is 6.11. The van der Waals surface area contributed by atoms with Crippen LogP contribution >= 0.6 is 0 Å². The van der Waals surface area contributed by atoms with Gasteiger partial charge in [0.1, 0.15) is 6.54 Å². The van der Waals surface area contributed by atoms with Crippen LogP contribution in [0, 0.1) is 0 Å². The second kappa shape index (κ2) is 7.18. The van der Waals surface area contributed by atoms with E-state index < -0.39 is 5.91 Å². The predicted octanol–water partition coefficient (Wildman–Crippen LogP) is 2.07. The molecule has 0 bridgehead atoms. The normalized spacial score (nSPS) is 11.5. The van der Waals surface area contributed by atoms with Gasteiger partial charge in [-0.25, -0.2) is 9.67 Å². The molecule has 0 spiro atoms. The lowest BCUT2D eigenvalue weighted by atomic mass is 10.0. The topological polar surface area (TPSA) is 121 Å². The van der Waals surface area contributed by atoms with Crippen molar-refractivity contribution in [1.29, 1.82) is 0 Å². The summed E-state index contributed by atoms with van der Waals surface area (Å²) in [7, 11) is 0. The number of carbonyl (C=O) groups is 2. The lowest BCUT2D eigenvalue weighted by molar-refractivity contribution is -0.118. The van der Waals surface area contributed by atoms with Gasteiger partial charge in [-0.15, -0.1) is 0 Å². The van der Waals surface area contributed by atoms with Crippen molar-refractivity contribution in [3.63, 3.8) is 0 Å². The van der Waals surface area contributed by atoms with Gasteiger partial charge in [-0.05, 0) is 25.8 Å². The summed E-state index contributed by atoms with van der Waals surface area (Å²) in [5.41, 5.74) is 7.14. The molecular weight excluding hydrogens is 346 g/mol. The molecule has 3 N–H and O–H groups in total. The first-order chi connectivity index (χ1) is 12.8. The van der Waals surface area contributed by atoms with E-state index in [0.717, 1.165) is 5.69 Å². The number of nitrogens with two attached hydrogens (primary N) is 1. The third-order valence-corrected chi connectivity index (χ3v) is 4.11. The van der Waals surface area contributed by atoms with Crippen LogP contribution in [0.2, 0.25) is 0 Å². The number of primary amides is 1. The molecule has 0 saturated carbocycles. The first-order valence-electron chi connectivity index (χ1n) is 8.77. The van der Waals surface area contributed by atoms with Crippen molar-refractivity contribution in [2.45, 2.75) is 46.2 Å². The number of anilines is 1. The Bertz CT molecular complexity index is 1000. The minimum absolute atomic E-state index is 0.0476. The van der Waals surface area contributed by atoms with Crippen molar-refractivity contribution in [2.75, 3.05) is 5.32 Å². The van der Waals surface area contributed by atoms with Crippen LogP contribution in [-0.4, -0.2) is 36.4 Å². The highest BCUT2D eigenvalue weighted by atomic mass is 16.2. The van der Waals surface area contributed by atoms with Gasteiger partial charge in [0.2, 0.25) is 5.91 Å². The molecule has 9 nitrogen and oxygen atoms in total. The summed E-state index contributed by atoms with van der Waals surface area (Å²) in [5, 5.41) is 12.0. The highest BCUT2D eigenvalue weighted by Gasteiger charge is 2.19. The van der Waals surface area contributed by atoms with E-state index in [1.807, 2.05) is 27.7 Å². The van der Waals surface area contributed by atoms with Gasteiger partial charge in [-0.1, -0.05) is 13.8 Å². The Hall–Kier alpha value is -3.23. The number of hydrogen-bond donors (Lipinski definition) is 2. The first kappa shape index (κ1) is 18.6. The zero-order chi connectivity index (χ0) is 19.7. The quantitative estimate of drug-likeness (QED) is 0.689. The number of fused-ring (bicyclic) bond motifs is 1. The van der Waals surface area contributed by atoms with Crippen molar-refractivity contribution in [3.8, 4) is 0 Å². The van der Waals surface area contributed by atoms with Crippen LogP contribution < -0.4 is 11.1 Å². The average Bonchev–Trinajstić information content (AvgIpc) is 3.19. The molecule has 3 heterocycles. The fourth-order valence-corrected chi connectivity index (χ4v) is 2.76. The van der Waals surface area contributed by atoms with Crippen molar-refractivity contribution in [2.24, 2.45) is 5.73 Å². The molecule has 0 aromatic carbocycles. The van der Waals surface area contributed by atoms with Crippen LogP contribution in [0.25, 0.3) is 11.0 Å². The van der Waals surface area contributed by atoms with Crippen LogP contribution in [-0.2, 0) is 11.3 Å². The molecule has 0 atom stereocenters. The number of nitrogens with one attached hydrogen (secondary N) is 1. The second-order valence-corrected chi connectivity index (χ2v) is 6.99. The molecule has 3 rings (SSSR count). The largest absolute Gasteiger partial charge is 0.368 e. The second-order valence-electron chi connectivity index (χ2n) is 6.99. The summed E-state index contributed by atoms with van der Waals surface area (Å²) < 4.78 is 3.18. The molecule has 0 fully saturated rings. The maximum Gasteiger partial charge on any atom is 0.257 e. The average molecular weight is 369 g/mol. The van der Waals surface area contributed by atoms with Crippen LogP contribution in [0.1, 0.15) is 55.7 Å². The number of rotatable bonds is 6. The fourth-order valence-electron chi connectivity index (χ4n) is 2.76. The number of nitrogens with zero attached hydrogens (tertiary/aromatic N) is 5. The SMILES string of the molecule is CC(C)c1cc(C(=O)Nc2ccn(CC(N)=O)n2)c2cnn(C(C)C)c2n1. The first-order valence-corrected chi connectivity index (χ1v) is 8.77. The lowest BCUT2D eigenvalue weighted by Crippen LogP contribution is -2.19. The zero-order valence-corrected chi connectivity index (χ0v) is 15.8. The van der Waals surface area contributed by atoms with E-state index in [4.69, 9.17) is 10.7 Å². The Kier molecular flexibility index (Phi) is 4.93. The lowest BCUT2D eigenvalue weighted by Gasteiger charge is -2.12. The van der Waals surface area contributed by atoms with Gasteiger partial charge in [0.15, 0.2) is 11.5 Å². The van der Waals surface area contributed by atoms with Gasteiger partial charge in [0, 0.05) is 24.0 Å². The molecule has 0 aliphatic rings. The Morgan fingerprint density at radius 1 is 1.26 bits per heavy atom. The monoisotopic (exact) mass is 369 g/mol. The maximum absolute atomic E-state index is 12.9. The Labute approximate surface area is 156 Å². The smallest absolute Gasteiger partial charge is 0.257 e. The van der Waals surface area contributed by atoms with Crippen LogP contribution in [0.5, 0.6) is 0 Å². The van der Waals surface area contributed by atoms with Crippen LogP contribution in [0.3, 0.4) is 0 Å². The van der Waals surface area contributed by atoms with Crippen molar-refractivity contribution in [1.82, 2.24) is 24.5 Å². The summed E-state index contributed by atoms with van der Waals surface area (Å²) in [6.07, 6.45) is 3.24. The van der Waals surface area contributed by atoms with E-state index in [-0.39, 0.29) is 24.4 Å². The van der Waals surface area contributed by atoms with E-state index in [2.05, 4.69) is 15.5 Å². The molecule has 2 amide bonds. The number of pyridine rings is 1. The molecule has 0 aliphatic heterocycles. The van der Waals surface area contributed by atoms with E-state index >= 15 is 0 Å².